The number of esters is 1. The number of carbonyl (C=O) groups is 1. The molecule has 0 bridgehead atoms. The molecule has 1 aromatic heterocycles. The number of aryl methyl sites for hydroxylation is 1. The third-order valence-electron chi connectivity index (χ3n) is 2.63. The topological polar surface area (TPSA) is 42.1 Å². The molecule has 0 unspecified atom stereocenters. The highest BCUT2D eigenvalue weighted by atomic mass is 35.5. The summed E-state index contributed by atoms with van der Waals surface area (Å²) < 4.78 is 4.90. The van der Waals surface area contributed by atoms with Crippen LogP contribution in [-0.2, 0) is 16.0 Å². The second-order valence-electron chi connectivity index (χ2n) is 3.81. The Hall–Kier alpha value is -1.48. The molecule has 2 aromatic rings. The molecule has 0 saturated heterocycles. The Balaban J connectivity index is 2.11. The molecule has 17 heavy (non-hydrogen) atoms. The van der Waals surface area contributed by atoms with Crippen molar-refractivity contribution in [1.82, 2.24) is 4.98 Å². The van der Waals surface area contributed by atoms with E-state index >= 15 is 0 Å². The molecule has 0 aliphatic heterocycles. The lowest BCUT2D eigenvalue weighted by molar-refractivity contribution is -0.143. The number of ether oxygens (including phenoxy) is 1. The molecule has 0 aliphatic carbocycles. The van der Waals surface area contributed by atoms with E-state index in [4.69, 9.17) is 16.3 Å². The summed E-state index contributed by atoms with van der Waals surface area (Å²) in [6.07, 6.45) is 3.00. The summed E-state index contributed by atoms with van der Waals surface area (Å²) >= 11 is 5.90. The Labute approximate surface area is 105 Å². The van der Waals surface area contributed by atoms with Crippen LogP contribution in [0.15, 0.2) is 24.4 Å². The summed E-state index contributed by atoms with van der Waals surface area (Å²) in [6, 6.07) is 5.70. The maximum atomic E-state index is 11.3. The molecular formula is C13H14ClNO2. The monoisotopic (exact) mass is 251 g/mol. The van der Waals surface area contributed by atoms with Crippen molar-refractivity contribution in [3.63, 3.8) is 0 Å². The van der Waals surface area contributed by atoms with Crippen LogP contribution in [0.2, 0.25) is 5.02 Å². The molecule has 0 amide bonds. The number of nitrogens with one attached hydrogen (secondary N) is 1. The van der Waals surface area contributed by atoms with E-state index in [1.54, 1.807) is 0 Å². The van der Waals surface area contributed by atoms with E-state index in [0.29, 0.717) is 24.5 Å². The van der Waals surface area contributed by atoms with Gasteiger partial charge in [-0.2, -0.15) is 0 Å². The highest BCUT2D eigenvalue weighted by Crippen LogP contribution is 2.22. The van der Waals surface area contributed by atoms with E-state index in [9.17, 15) is 4.79 Å². The second kappa shape index (κ2) is 5.23. The molecule has 2 rings (SSSR count). The van der Waals surface area contributed by atoms with Crippen molar-refractivity contribution in [1.29, 1.82) is 0 Å². The molecule has 90 valence electrons. The van der Waals surface area contributed by atoms with Gasteiger partial charge in [0.05, 0.1) is 6.61 Å². The van der Waals surface area contributed by atoms with Gasteiger partial charge in [0.15, 0.2) is 0 Å². The van der Waals surface area contributed by atoms with Crippen LogP contribution in [0, 0.1) is 0 Å². The van der Waals surface area contributed by atoms with Crippen molar-refractivity contribution in [2.75, 3.05) is 6.61 Å². The van der Waals surface area contributed by atoms with E-state index in [-0.39, 0.29) is 5.97 Å². The summed E-state index contributed by atoms with van der Waals surface area (Å²) in [5.74, 6) is -0.157. The molecule has 1 heterocycles. The summed E-state index contributed by atoms with van der Waals surface area (Å²) in [6.45, 7) is 2.24. The van der Waals surface area contributed by atoms with Crippen molar-refractivity contribution in [3.05, 3.63) is 35.0 Å². The van der Waals surface area contributed by atoms with Crippen LogP contribution in [0.5, 0.6) is 0 Å². The van der Waals surface area contributed by atoms with Gasteiger partial charge in [0.1, 0.15) is 0 Å². The van der Waals surface area contributed by atoms with Crippen LogP contribution in [-0.4, -0.2) is 17.6 Å². The van der Waals surface area contributed by atoms with E-state index in [2.05, 4.69) is 4.98 Å². The van der Waals surface area contributed by atoms with Crippen LogP contribution in [0.25, 0.3) is 10.9 Å². The van der Waals surface area contributed by atoms with E-state index in [1.165, 1.54) is 0 Å². The number of rotatable bonds is 4. The second-order valence-corrected chi connectivity index (χ2v) is 4.25. The first-order chi connectivity index (χ1) is 8.20. The fourth-order valence-corrected chi connectivity index (χ4v) is 2.01. The number of aromatic nitrogens is 1. The average Bonchev–Trinajstić information content (AvgIpc) is 2.69. The Morgan fingerprint density at radius 3 is 3.06 bits per heavy atom. The van der Waals surface area contributed by atoms with E-state index in [1.807, 2.05) is 31.3 Å². The van der Waals surface area contributed by atoms with Gasteiger partial charge in [0.2, 0.25) is 0 Å². The van der Waals surface area contributed by atoms with Crippen LogP contribution in [0.4, 0.5) is 0 Å². The average molecular weight is 252 g/mol. The molecule has 0 fully saturated rings. The predicted octanol–water partition coefficient (Wildman–Crippen LogP) is 3.32. The molecular weight excluding hydrogens is 238 g/mol. The largest absolute Gasteiger partial charge is 0.466 e. The zero-order chi connectivity index (χ0) is 12.3. The summed E-state index contributed by atoms with van der Waals surface area (Å²) in [7, 11) is 0. The van der Waals surface area contributed by atoms with Crippen molar-refractivity contribution in [2.24, 2.45) is 0 Å². The lowest BCUT2D eigenvalue weighted by Crippen LogP contribution is -2.04. The number of hydrogen-bond donors (Lipinski definition) is 1. The minimum absolute atomic E-state index is 0.157. The fraction of sp³-hybridized carbons (Fsp3) is 0.308. The number of aromatic amines is 1. The van der Waals surface area contributed by atoms with Crippen LogP contribution in [0.1, 0.15) is 18.9 Å². The number of benzene rings is 1. The SMILES string of the molecule is CCOC(=O)CCc1c[nH]c2cc(Cl)ccc12. The van der Waals surface area contributed by atoms with Crippen molar-refractivity contribution < 1.29 is 9.53 Å². The fourth-order valence-electron chi connectivity index (χ4n) is 1.84. The van der Waals surface area contributed by atoms with Crippen molar-refractivity contribution in [2.45, 2.75) is 19.8 Å². The van der Waals surface area contributed by atoms with Crippen LogP contribution < -0.4 is 0 Å². The van der Waals surface area contributed by atoms with Crippen LogP contribution in [0.3, 0.4) is 0 Å². The van der Waals surface area contributed by atoms with Gasteiger partial charge in [0, 0.05) is 28.5 Å². The number of halogens is 1. The number of carbonyl (C=O) groups excluding carboxylic acids is 1. The molecule has 0 spiro atoms. The minimum Gasteiger partial charge on any atom is -0.466 e. The maximum Gasteiger partial charge on any atom is 0.306 e. The molecule has 0 atom stereocenters. The predicted molar refractivity (Wildman–Crippen MR) is 68.3 cm³/mol. The quantitative estimate of drug-likeness (QED) is 0.847. The van der Waals surface area contributed by atoms with E-state index < -0.39 is 0 Å². The molecule has 4 heteroatoms. The Morgan fingerprint density at radius 2 is 2.29 bits per heavy atom. The number of H-pyrrole nitrogens is 1. The van der Waals surface area contributed by atoms with Crippen molar-refractivity contribution in [3.8, 4) is 0 Å². The summed E-state index contributed by atoms with van der Waals surface area (Å²) in [4.78, 5) is 14.4. The van der Waals surface area contributed by atoms with Gasteiger partial charge in [-0.1, -0.05) is 17.7 Å². The normalized spacial score (nSPS) is 10.7. The zero-order valence-electron chi connectivity index (χ0n) is 9.63. The Bertz CT molecular complexity index is 533. The van der Waals surface area contributed by atoms with Crippen LogP contribution >= 0.6 is 11.6 Å². The van der Waals surface area contributed by atoms with Gasteiger partial charge in [0.25, 0.3) is 0 Å². The number of fused-ring (bicyclic) bond motifs is 1. The van der Waals surface area contributed by atoms with E-state index in [0.717, 1.165) is 16.5 Å². The highest BCUT2D eigenvalue weighted by molar-refractivity contribution is 6.31. The lowest BCUT2D eigenvalue weighted by Gasteiger charge is -2.01. The van der Waals surface area contributed by atoms with Gasteiger partial charge in [-0.15, -0.1) is 0 Å². The van der Waals surface area contributed by atoms with Crippen molar-refractivity contribution >= 4 is 28.5 Å². The standard InChI is InChI=1S/C13H14ClNO2/c1-2-17-13(16)6-3-9-8-15-12-7-10(14)4-5-11(9)12/h4-5,7-8,15H,2-3,6H2,1H3. The van der Waals surface area contributed by atoms with Gasteiger partial charge >= 0.3 is 5.97 Å². The minimum atomic E-state index is -0.157. The lowest BCUT2D eigenvalue weighted by atomic mass is 10.1. The molecule has 0 saturated carbocycles. The van der Waals surface area contributed by atoms with Gasteiger partial charge < -0.3 is 9.72 Å². The molecule has 0 radical (unpaired) electrons. The number of hydrogen-bond acceptors (Lipinski definition) is 2. The smallest absolute Gasteiger partial charge is 0.306 e. The first-order valence-electron chi connectivity index (χ1n) is 5.62. The third-order valence-corrected chi connectivity index (χ3v) is 2.87. The Kier molecular flexibility index (Phi) is 3.69. The summed E-state index contributed by atoms with van der Waals surface area (Å²) in [5, 5.41) is 1.81. The maximum absolute atomic E-state index is 11.3. The highest BCUT2D eigenvalue weighted by Gasteiger charge is 2.07. The molecule has 3 nitrogen and oxygen atoms in total. The summed E-state index contributed by atoms with van der Waals surface area (Å²) in [5.41, 5.74) is 2.11. The molecule has 1 aromatic carbocycles. The zero-order valence-corrected chi connectivity index (χ0v) is 10.4. The first-order valence-corrected chi connectivity index (χ1v) is 5.99. The van der Waals surface area contributed by atoms with Gasteiger partial charge in [-0.3, -0.25) is 4.79 Å². The third kappa shape index (κ3) is 2.80. The molecule has 0 aliphatic rings. The first kappa shape index (κ1) is 12.0. The van der Waals surface area contributed by atoms with Gasteiger partial charge in [-0.05, 0) is 31.0 Å². The van der Waals surface area contributed by atoms with Gasteiger partial charge in [-0.25, -0.2) is 0 Å². The molecule has 1 N–H and O–H groups in total. The Morgan fingerprint density at radius 1 is 1.47 bits per heavy atom.